The monoisotopic (exact) mass is 318 g/mol. The molecule has 5 heteroatoms. The third-order valence-electron chi connectivity index (χ3n) is 4.74. The quantitative estimate of drug-likeness (QED) is 0.906. The molecular weight excluding hydrogens is 292 g/mol. The predicted octanol–water partition coefficient (Wildman–Crippen LogP) is 2.42. The van der Waals surface area contributed by atoms with Crippen LogP contribution in [0, 0.1) is 0 Å². The first kappa shape index (κ1) is 16.3. The summed E-state index contributed by atoms with van der Waals surface area (Å²) in [5.41, 5.74) is 2.42. The molecule has 2 saturated heterocycles. The number of benzene rings is 1. The molecule has 126 valence electrons. The number of amides is 1. The number of anilines is 1. The first-order valence-corrected chi connectivity index (χ1v) is 8.60. The minimum absolute atomic E-state index is 0.208. The zero-order valence-electron chi connectivity index (χ0n) is 13.8. The van der Waals surface area contributed by atoms with Gasteiger partial charge in [-0.05, 0) is 18.1 Å². The van der Waals surface area contributed by atoms with Crippen LogP contribution in [0.4, 0.5) is 5.69 Å². The van der Waals surface area contributed by atoms with E-state index in [4.69, 9.17) is 9.47 Å². The summed E-state index contributed by atoms with van der Waals surface area (Å²) < 4.78 is 11.4. The largest absolute Gasteiger partial charge is 0.384 e. The first-order valence-electron chi connectivity index (χ1n) is 8.60. The van der Waals surface area contributed by atoms with Gasteiger partial charge in [0.1, 0.15) is 0 Å². The number of likely N-dealkylation sites (tertiary alicyclic amines) is 1. The molecule has 2 fully saturated rings. The number of carbonyl (C=O) groups excluding carboxylic acids is 1. The Morgan fingerprint density at radius 3 is 2.61 bits per heavy atom. The van der Waals surface area contributed by atoms with Crippen LogP contribution in [0.2, 0.25) is 0 Å². The van der Waals surface area contributed by atoms with Gasteiger partial charge in [-0.15, -0.1) is 0 Å². The normalized spacial score (nSPS) is 20.0. The Hall–Kier alpha value is -1.59. The summed E-state index contributed by atoms with van der Waals surface area (Å²) in [6.07, 6.45) is 3.08. The number of carbonyl (C=O) groups is 1. The first-order chi connectivity index (χ1) is 11.2. The SMILES string of the molecule is CCc1ccccc1NCCC(=O)N1CCC2(CC1)OCCO2. The van der Waals surface area contributed by atoms with Crippen molar-refractivity contribution >= 4 is 11.6 Å². The van der Waals surface area contributed by atoms with E-state index in [-0.39, 0.29) is 5.91 Å². The topological polar surface area (TPSA) is 50.8 Å². The average Bonchev–Trinajstić information content (AvgIpc) is 3.04. The van der Waals surface area contributed by atoms with Gasteiger partial charge in [-0.2, -0.15) is 0 Å². The number of hydrogen-bond acceptors (Lipinski definition) is 4. The van der Waals surface area contributed by atoms with Crippen molar-refractivity contribution in [1.82, 2.24) is 4.90 Å². The number of aryl methyl sites for hydroxylation is 1. The van der Waals surface area contributed by atoms with Gasteiger partial charge in [-0.3, -0.25) is 4.79 Å². The lowest BCUT2D eigenvalue weighted by Gasteiger charge is -2.37. The van der Waals surface area contributed by atoms with Crippen LogP contribution in [0.3, 0.4) is 0 Å². The maximum absolute atomic E-state index is 12.4. The van der Waals surface area contributed by atoms with Crippen molar-refractivity contribution in [3.05, 3.63) is 29.8 Å². The molecule has 0 radical (unpaired) electrons. The summed E-state index contributed by atoms with van der Waals surface area (Å²) in [6.45, 7) is 5.62. The van der Waals surface area contributed by atoms with E-state index < -0.39 is 5.79 Å². The highest BCUT2D eigenvalue weighted by atomic mass is 16.7. The Labute approximate surface area is 137 Å². The third-order valence-corrected chi connectivity index (χ3v) is 4.74. The van der Waals surface area contributed by atoms with Gasteiger partial charge in [0.05, 0.1) is 13.2 Å². The van der Waals surface area contributed by atoms with Gasteiger partial charge >= 0.3 is 0 Å². The van der Waals surface area contributed by atoms with Crippen molar-refractivity contribution in [1.29, 1.82) is 0 Å². The lowest BCUT2D eigenvalue weighted by molar-refractivity contribution is -0.187. The number of rotatable bonds is 5. The number of para-hydroxylation sites is 1. The minimum Gasteiger partial charge on any atom is -0.384 e. The van der Waals surface area contributed by atoms with Gasteiger partial charge in [0.25, 0.3) is 0 Å². The van der Waals surface area contributed by atoms with Crippen molar-refractivity contribution in [3.8, 4) is 0 Å². The van der Waals surface area contributed by atoms with Crippen LogP contribution in [0.1, 0.15) is 31.7 Å². The highest BCUT2D eigenvalue weighted by molar-refractivity contribution is 5.77. The Morgan fingerprint density at radius 2 is 1.91 bits per heavy atom. The molecule has 0 saturated carbocycles. The second kappa shape index (κ2) is 7.32. The molecule has 5 nitrogen and oxygen atoms in total. The molecule has 1 amide bonds. The fourth-order valence-electron chi connectivity index (χ4n) is 3.35. The zero-order valence-corrected chi connectivity index (χ0v) is 13.8. The fraction of sp³-hybridized carbons (Fsp3) is 0.611. The molecule has 1 aromatic carbocycles. The molecule has 0 unspecified atom stereocenters. The highest BCUT2D eigenvalue weighted by Crippen LogP contribution is 2.31. The van der Waals surface area contributed by atoms with Crippen molar-refractivity contribution in [2.24, 2.45) is 0 Å². The molecule has 3 rings (SSSR count). The number of nitrogens with one attached hydrogen (secondary N) is 1. The van der Waals surface area contributed by atoms with Crippen LogP contribution < -0.4 is 5.32 Å². The molecule has 0 bridgehead atoms. The van der Waals surface area contributed by atoms with Crippen molar-refractivity contribution in [3.63, 3.8) is 0 Å². The summed E-state index contributed by atoms with van der Waals surface area (Å²) >= 11 is 0. The van der Waals surface area contributed by atoms with Crippen molar-refractivity contribution in [2.75, 3.05) is 38.2 Å². The number of piperidine rings is 1. The molecule has 1 spiro atoms. The van der Waals surface area contributed by atoms with Gasteiger partial charge in [0.2, 0.25) is 5.91 Å². The molecular formula is C18H26N2O3. The average molecular weight is 318 g/mol. The second-order valence-electron chi connectivity index (χ2n) is 6.18. The fourth-order valence-corrected chi connectivity index (χ4v) is 3.35. The van der Waals surface area contributed by atoms with Gasteiger partial charge in [0.15, 0.2) is 5.79 Å². The predicted molar refractivity (Wildman–Crippen MR) is 89.4 cm³/mol. The van der Waals surface area contributed by atoms with E-state index >= 15 is 0 Å². The van der Waals surface area contributed by atoms with Gasteiger partial charge in [-0.25, -0.2) is 0 Å². The molecule has 1 N–H and O–H groups in total. The Bertz CT molecular complexity index is 531. The molecule has 2 aliphatic heterocycles. The van der Waals surface area contributed by atoms with Crippen molar-refractivity contribution < 1.29 is 14.3 Å². The van der Waals surface area contributed by atoms with E-state index in [0.717, 1.165) is 38.0 Å². The minimum atomic E-state index is -0.408. The number of ether oxygens (including phenoxy) is 2. The van der Waals surface area contributed by atoms with Crippen LogP contribution in [-0.4, -0.2) is 49.4 Å². The second-order valence-corrected chi connectivity index (χ2v) is 6.18. The van der Waals surface area contributed by atoms with Crippen LogP contribution >= 0.6 is 0 Å². The van der Waals surface area contributed by atoms with E-state index in [1.54, 1.807) is 0 Å². The summed E-state index contributed by atoms with van der Waals surface area (Å²) in [5.74, 6) is -0.200. The van der Waals surface area contributed by atoms with Crippen LogP contribution in [-0.2, 0) is 20.7 Å². The molecule has 0 aliphatic carbocycles. The smallest absolute Gasteiger partial charge is 0.224 e. The van der Waals surface area contributed by atoms with E-state index in [1.807, 2.05) is 17.0 Å². The maximum atomic E-state index is 12.4. The van der Waals surface area contributed by atoms with Gasteiger partial charge < -0.3 is 19.7 Å². The van der Waals surface area contributed by atoms with Crippen LogP contribution in [0.25, 0.3) is 0 Å². The maximum Gasteiger partial charge on any atom is 0.224 e. The van der Waals surface area contributed by atoms with E-state index in [2.05, 4.69) is 24.4 Å². The summed E-state index contributed by atoms with van der Waals surface area (Å²) in [7, 11) is 0. The molecule has 0 atom stereocenters. The lowest BCUT2D eigenvalue weighted by Crippen LogP contribution is -2.47. The third kappa shape index (κ3) is 3.85. The lowest BCUT2D eigenvalue weighted by atomic mass is 10.0. The molecule has 0 aromatic heterocycles. The van der Waals surface area contributed by atoms with Crippen molar-refractivity contribution in [2.45, 2.75) is 38.4 Å². The van der Waals surface area contributed by atoms with Crippen LogP contribution in [0.5, 0.6) is 0 Å². The summed E-state index contributed by atoms with van der Waals surface area (Å²) in [5, 5.41) is 3.39. The Balaban J connectivity index is 1.43. The number of nitrogens with zero attached hydrogens (tertiary/aromatic N) is 1. The van der Waals surface area contributed by atoms with Crippen LogP contribution in [0.15, 0.2) is 24.3 Å². The zero-order chi connectivity index (χ0) is 16.1. The highest BCUT2D eigenvalue weighted by Gasteiger charge is 2.40. The molecule has 1 aromatic rings. The summed E-state index contributed by atoms with van der Waals surface area (Å²) in [4.78, 5) is 14.3. The number of hydrogen-bond donors (Lipinski definition) is 1. The standard InChI is InChI=1S/C18H26N2O3/c1-2-15-5-3-4-6-16(15)19-10-7-17(21)20-11-8-18(9-12-20)22-13-14-23-18/h3-6,19H,2,7-14H2,1H3. The Kier molecular flexibility index (Phi) is 5.18. The van der Waals surface area contributed by atoms with E-state index in [0.29, 0.717) is 26.2 Å². The van der Waals surface area contributed by atoms with E-state index in [1.165, 1.54) is 5.56 Å². The van der Waals surface area contributed by atoms with Gasteiger partial charge in [-0.1, -0.05) is 25.1 Å². The van der Waals surface area contributed by atoms with Gasteiger partial charge in [0, 0.05) is 44.6 Å². The molecule has 2 aliphatic rings. The summed E-state index contributed by atoms with van der Waals surface area (Å²) in [6, 6.07) is 8.26. The Morgan fingerprint density at radius 1 is 1.22 bits per heavy atom. The molecule has 2 heterocycles. The van der Waals surface area contributed by atoms with E-state index in [9.17, 15) is 4.79 Å². The molecule has 23 heavy (non-hydrogen) atoms.